The van der Waals surface area contributed by atoms with Crippen molar-refractivity contribution in [3.63, 3.8) is 0 Å². The summed E-state index contributed by atoms with van der Waals surface area (Å²) in [4.78, 5) is 0. The molecule has 0 atom stereocenters. The maximum absolute atomic E-state index is 10.7. The van der Waals surface area contributed by atoms with Gasteiger partial charge in [0.25, 0.3) is 0 Å². The van der Waals surface area contributed by atoms with Gasteiger partial charge in [0.05, 0.1) is 0 Å². The molecule has 0 aliphatic rings. The first-order valence-corrected chi connectivity index (χ1v) is 9.51. The normalized spacial score (nSPS) is 14.4. The molecule has 2 nitrogen and oxygen atoms in total. The Balaban J connectivity index is 0.000000585. The van der Waals surface area contributed by atoms with E-state index in [2.05, 4.69) is 17.7 Å². The summed E-state index contributed by atoms with van der Waals surface area (Å²) in [6.45, 7) is 3.41. The first kappa shape index (κ1) is 22.1. The molecule has 1 N–H and O–H groups in total. The Bertz CT molecular complexity index is 451. The fourth-order valence-electron chi connectivity index (χ4n) is 1.94. The van der Waals surface area contributed by atoms with Crippen LogP contribution in [0.15, 0.2) is 24.4 Å². The monoisotopic (exact) mass is 367 g/mol. The molecule has 0 aliphatic heterocycles. The van der Waals surface area contributed by atoms with Crippen molar-refractivity contribution < 1.29 is 34.9 Å². The molecule has 23 heavy (non-hydrogen) atoms. The zero-order valence-corrected chi connectivity index (χ0v) is 14.0. The molecular formula is C14H24F6NOP. The summed E-state index contributed by atoms with van der Waals surface area (Å²) >= 11 is 0. The van der Waals surface area contributed by atoms with Gasteiger partial charge in [-0.1, -0.05) is 38.7 Å². The van der Waals surface area contributed by atoms with Crippen LogP contribution < -0.4 is 4.57 Å². The molecule has 0 unspecified atom stereocenters. The number of aliphatic hydroxyl groups is 1. The number of aromatic nitrogens is 1. The van der Waals surface area contributed by atoms with Gasteiger partial charge in [-0.3, -0.25) is 0 Å². The van der Waals surface area contributed by atoms with Gasteiger partial charge >= 0.3 is 33.0 Å². The van der Waals surface area contributed by atoms with Crippen LogP contribution in [-0.2, 0) is 13.2 Å². The van der Waals surface area contributed by atoms with Gasteiger partial charge in [0.1, 0.15) is 13.2 Å². The van der Waals surface area contributed by atoms with E-state index < -0.39 is 7.81 Å². The second-order valence-electron chi connectivity index (χ2n) is 5.27. The van der Waals surface area contributed by atoms with Gasteiger partial charge in [-0.25, -0.2) is 4.57 Å². The van der Waals surface area contributed by atoms with E-state index >= 15 is 0 Å². The minimum atomic E-state index is -10.7. The van der Waals surface area contributed by atoms with Crippen LogP contribution in [-0.4, -0.2) is 5.11 Å². The van der Waals surface area contributed by atoms with Gasteiger partial charge in [-0.05, 0) is 6.42 Å². The van der Waals surface area contributed by atoms with Crippen molar-refractivity contribution in [2.45, 2.75) is 58.6 Å². The van der Waals surface area contributed by atoms with Crippen LogP contribution in [0, 0.1) is 0 Å². The number of rotatable bonds is 8. The summed E-state index contributed by atoms with van der Waals surface area (Å²) in [6, 6.07) is 5.98. The first-order valence-electron chi connectivity index (χ1n) is 7.48. The number of hydrogen-bond donors (Lipinski definition) is 1. The van der Waals surface area contributed by atoms with Crippen LogP contribution >= 0.6 is 7.81 Å². The van der Waals surface area contributed by atoms with E-state index in [0.29, 0.717) is 0 Å². The van der Waals surface area contributed by atoms with E-state index in [1.165, 1.54) is 38.5 Å². The molecule has 138 valence electrons. The second kappa shape index (κ2) is 8.29. The van der Waals surface area contributed by atoms with E-state index in [9.17, 15) is 30.3 Å². The molecule has 0 fully saturated rings. The molecule has 0 radical (unpaired) electrons. The molecule has 1 heterocycles. The predicted molar refractivity (Wildman–Crippen MR) is 79.5 cm³/mol. The molecule has 0 bridgehead atoms. The SMILES string of the molecule is CCCCCCCC[n+]1ccccc1CO.F[P-](F)(F)(F)(F)F. The summed E-state index contributed by atoms with van der Waals surface area (Å²) in [7, 11) is -10.7. The molecule has 1 aromatic rings. The average Bonchev–Trinajstić information content (AvgIpc) is 2.39. The summed E-state index contributed by atoms with van der Waals surface area (Å²) in [5.41, 5.74) is 1.01. The first-order chi connectivity index (χ1) is 10.3. The summed E-state index contributed by atoms with van der Waals surface area (Å²) in [6.07, 6.45) is 9.94. The van der Waals surface area contributed by atoms with Crippen molar-refractivity contribution in [3.05, 3.63) is 30.1 Å². The van der Waals surface area contributed by atoms with E-state index in [1.54, 1.807) is 0 Å². The van der Waals surface area contributed by atoms with Crippen LogP contribution in [0.1, 0.15) is 51.1 Å². The van der Waals surface area contributed by atoms with Crippen molar-refractivity contribution in [1.82, 2.24) is 0 Å². The fraction of sp³-hybridized carbons (Fsp3) is 0.643. The third kappa shape index (κ3) is 19.1. The Labute approximate surface area is 132 Å². The van der Waals surface area contributed by atoms with Gasteiger partial charge in [0, 0.05) is 18.6 Å². The van der Waals surface area contributed by atoms with Gasteiger partial charge in [-0.15, -0.1) is 0 Å². The Hall–Kier alpha value is -0.880. The van der Waals surface area contributed by atoms with E-state index in [-0.39, 0.29) is 6.61 Å². The number of pyridine rings is 1. The minimum absolute atomic E-state index is 0.136. The molecule has 1 rings (SSSR count). The van der Waals surface area contributed by atoms with Gasteiger partial charge < -0.3 is 5.11 Å². The second-order valence-corrected chi connectivity index (χ2v) is 7.19. The zero-order valence-electron chi connectivity index (χ0n) is 13.1. The number of aliphatic hydroxyl groups excluding tert-OH is 1. The van der Waals surface area contributed by atoms with E-state index in [1.807, 2.05) is 18.2 Å². The molecule has 1 aromatic heterocycles. The number of unbranched alkanes of at least 4 members (excludes halogenated alkanes) is 5. The van der Waals surface area contributed by atoms with Gasteiger partial charge in [0.15, 0.2) is 6.20 Å². The molecule has 9 heteroatoms. The molecule has 0 saturated carbocycles. The van der Waals surface area contributed by atoms with Crippen molar-refractivity contribution >= 4 is 7.81 Å². The van der Waals surface area contributed by atoms with Crippen molar-refractivity contribution in [2.24, 2.45) is 0 Å². The number of aryl methyl sites for hydroxylation is 1. The standard InChI is InChI=1S/C14H24NO.F6P/c1-2-3-4-5-6-8-11-15-12-9-7-10-14(15)13-16;1-7(2,3,4,5)6/h7,9-10,12,16H,2-6,8,11,13H2,1H3;/q+1;-1. The van der Waals surface area contributed by atoms with Crippen LogP contribution in [0.3, 0.4) is 0 Å². The van der Waals surface area contributed by atoms with Crippen molar-refractivity contribution in [3.8, 4) is 0 Å². The molecule has 0 amide bonds. The van der Waals surface area contributed by atoms with Gasteiger partial charge in [0.2, 0.25) is 5.69 Å². The van der Waals surface area contributed by atoms with Crippen LogP contribution in [0.4, 0.5) is 25.2 Å². The Morgan fingerprint density at radius 1 is 0.913 bits per heavy atom. The van der Waals surface area contributed by atoms with Crippen molar-refractivity contribution in [2.75, 3.05) is 0 Å². The molecule has 0 spiro atoms. The van der Waals surface area contributed by atoms with E-state index in [0.717, 1.165) is 12.2 Å². The fourth-order valence-corrected chi connectivity index (χ4v) is 1.94. The predicted octanol–water partition coefficient (Wildman–Crippen LogP) is 6.21. The summed E-state index contributed by atoms with van der Waals surface area (Å²) in [5, 5.41) is 9.17. The molecular weight excluding hydrogens is 343 g/mol. The zero-order chi connectivity index (χ0) is 18.0. The van der Waals surface area contributed by atoms with Crippen LogP contribution in [0.25, 0.3) is 0 Å². The van der Waals surface area contributed by atoms with Gasteiger partial charge in [-0.2, -0.15) is 0 Å². The van der Waals surface area contributed by atoms with Crippen molar-refractivity contribution in [1.29, 1.82) is 0 Å². The summed E-state index contributed by atoms with van der Waals surface area (Å²) < 4.78 is 61.3. The van der Waals surface area contributed by atoms with E-state index in [4.69, 9.17) is 0 Å². The number of hydrogen-bond acceptors (Lipinski definition) is 1. The number of halogens is 6. The third-order valence-electron chi connectivity index (χ3n) is 2.95. The quantitative estimate of drug-likeness (QED) is 0.251. The number of nitrogens with zero attached hydrogens (tertiary/aromatic N) is 1. The Kier molecular flexibility index (Phi) is 7.97. The molecule has 0 aliphatic carbocycles. The Morgan fingerprint density at radius 3 is 1.96 bits per heavy atom. The average molecular weight is 367 g/mol. The topological polar surface area (TPSA) is 24.1 Å². The molecule has 0 aromatic carbocycles. The van der Waals surface area contributed by atoms with Crippen LogP contribution in [0.5, 0.6) is 0 Å². The van der Waals surface area contributed by atoms with Crippen LogP contribution in [0.2, 0.25) is 0 Å². The Morgan fingerprint density at radius 2 is 1.43 bits per heavy atom. The summed E-state index contributed by atoms with van der Waals surface area (Å²) in [5.74, 6) is 0. The molecule has 0 saturated heterocycles. The third-order valence-corrected chi connectivity index (χ3v) is 2.95. The maximum atomic E-state index is 9.87.